The first-order valence-corrected chi connectivity index (χ1v) is 9.31. The Labute approximate surface area is 163 Å². The number of nitrogens with one attached hydrogen (secondary N) is 1. The maximum atomic E-state index is 12.6. The van der Waals surface area contributed by atoms with Crippen LogP contribution < -0.4 is 14.8 Å². The monoisotopic (exact) mass is 381 g/mol. The van der Waals surface area contributed by atoms with Crippen LogP contribution in [0.25, 0.3) is 11.3 Å². The van der Waals surface area contributed by atoms with E-state index in [9.17, 15) is 4.79 Å². The number of carbonyl (C=O) groups excluding carboxylic acids is 1. The molecule has 0 aliphatic heterocycles. The van der Waals surface area contributed by atoms with Crippen molar-refractivity contribution in [3.05, 3.63) is 54.1 Å². The van der Waals surface area contributed by atoms with E-state index in [1.165, 1.54) is 0 Å². The van der Waals surface area contributed by atoms with Crippen LogP contribution in [-0.4, -0.2) is 29.4 Å². The molecule has 0 unspecified atom stereocenters. The van der Waals surface area contributed by atoms with Crippen molar-refractivity contribution in [3.63, 3.8) is 0 Å². The number of nitrogens with zero attached hydrogens (tertiary/aromatic N) is 2. The minimum atomic E-state index is -0.316. The number of anilines is 1. The lowest BCUT2D eigenvalue weighted by atomic mass is 10.1. The van der Waals surface area contributed by atoms with Crippen LogP contribution in [0.4, 0.5) is 5.82 Å². The fourth-order valence-corrected chi connectivity index (χ4v) is 2.58. The van der Waals surface area contributed by atoms with E-state index in [1.54, 1.807) is 18.2 Å². The van der Waals surface area contributed by atoms with Gasteiger partial charge in [-0.15, -0.1) is 0 Å². The number of rotatable bonds is 9. The van der Waals surface area contributed by atoms with Crippen LogP contribution in [0.2, 0.25) is 0 Å². The van der Waals surface area contributed by atoms with Gasteiger partial charge in [-0.1, -0.05) is 19.4 Å². The van der Waals surface area contributed by atoms with Crippen LogP contribution in [0.1, 0.15) is 37.0 Å². The molecular weight excluding hydrogens is 358 g/mol. The SMILES string of the molecule is CCCCOc1cccc(C(=O)Nc2nonc2-c2ccc(OCC)cc2)c1. The molecule has 0 bridgehead atoms. The van der Waals surface area contributed by atoms with Gasteiger partial charge in [0.15, 0.2) is 5.69 Å². The molecule has 28 heavy (non-hydrogen) atoms. The second-order valence-corrected chi connectivity index (χ2v) is 6.10. The molecule has 7 nitrogen and oxygen atoms in total. The zero-order chi connectivity index (χ0) is 19.8. The number of hydrogen-bond donors (Lipinski definition) is 1. The number of unbranched alkanes of at least 4 members (excludes halogenated alkanes) is 1. The van der Waals surface area contributed by atoms with Gasteiger partial charge in [0.05, 0.1) is 13.2 Å². The first-order chi connectivity index (χ1) is 13.7. The summed E-state index contributed by atoms with van der Waals surface area (Å²) in [7, 11) is 0. The second kappa shape index (κ2) is 9.55. The molecule has 3 aromatic rings. The highest BCUT2D eigenvalue weighted by molar-refractivity contribution is 6.05. The third kappa shape index (κ3) is 4.88. The van der Waals surface area contributed by atoms with E-state index >= 15 is 0 Å². The van der Waals surface area contributed by atoms with Gasteiger partial charge in [-0.05, 0) is 66.1 Å². The van der Waals surface area contributed by atoms with Crippen molar-refractivity contribution >= 4 is 11.7 Å². The van der Waals surface area contributed by atoms with Gasteiger partial charge in [0.25, 0.3) is 5.91 Å². The predicted molar refractivity (Wildman–Crippen MR) is 106 cm³/mol. The molecule has 7 heteroatoms. The Bertz CT molecular complexity index is 906. The summed E-state index contributed by atoms with van der Waals surface area (Å²) in [5.41, 5.74) is 1.68. The van der Waals surface area contributed by atoms with E-state index in [2.05, 4.69) is 22.6 Å². The van der Waals surface area contributed by atoms with Crippen LogP contribution in [0, 0.1) is 0 Å². The highest BCUT2D eigenvalue weighted by Crippen LogP contribution is 2.27. The summed E-state index contributed by atoms with van der Waals surface area (Å²) in [6, 6.07) is 14.4. The average molecular weight is 381 g/mol. The van der Waals surface area contributed by atoms with Crippen LogP contribution in [0.15, 0.2) is 53.2 Å². The van der Waals surface area contributed by atoms with Crippen molar-refractivity contribution in [1.82, 2.24) is 10.3 Å². The zero-order valence-electron chi connectivity index (χ0n) is 16.0. The van der Waals surface area contributed by atoms with Gasteiger partial charge in [0.2, 0.25) is 5.82 Å². The van der Waals surface area contributed by atoms with Crippen LogP contribution in [0.3, 0.4) is 0 Å². The number of amides is 1. The molecule has 2 aromatic carbocycles. The first-order valence-electron chi connectivity index (χ1n) is 9.31. The van der Waals surface area contributed by atoms with Crippen molar-refractivity contribution in [2.45, 2.75) is 26.7 Å². The van der Waals surface area contributed by atoms with E-state index in [4.69, 9.17) is 14.1 Å². The molecule has 3 rings (SSSR count). The molecule has 0 aliphatic carbocycles. The lowest BCUT2D eigenvalue weighted by molar-refractivity contribution is 0.102. The standard InChI is InChI=1S/C21H23N3O4/c1-3-5-13-27-18-8-6-7-16(14-18)21(25)22-20-19(23-28-24-20)15-9-11-17(12-10-15)26-4-2/h6-12,14H,3-5,13H2,1-2H3,(H,22,24,25). The summed E-state index contributed by atoms with van der Waals surface area (Å²) in [6.45, 7) is 5.23. The van der Waals surface area contributed by atoms with Gasteiger partial charge >= 0.3 is 0 Å². The highest BCUT2D eigenvalue weighted by Gasteiger charge is 2.16. The summed E-state index contributed by atoms with van der Waals surface area (Å²) >= 11 is 0. The molecule has 0 saturated carbocycles. The third-order valence-electron chi connectivity index (χ3n) is 4.02. The first kappa shape index (κ1) is 19.4. The van der Waals surface area contributed by atoms with Crippen LogP contribution >= 0.6 is 0 Å². The molecule has 1 aromatic heterocycles. The molecule has 0 aliphatic rings. The Kier molecular flexibility index (Phi) is 6.62. The summed E-state index contributed by atoms with van der Waals surface area (Å²) in [5, 5.41) is 10.5. The van der Waals surface area contributed by atoms with Crippen molar-refractivity contribution < 1.29 is 18.9 Å². The fraction of sp³-hybridized carbons (Fsp3) is 0.286. The van der Waals surface area contributed by atoms with E-state index in [0.717, 1.165) is 24.2 Å². The predicted octanol–water partition coefficient (Wildman–Crippen LogP) is 4.57. The molecule has 0 fully saturated rings. The van der Waals surface area contributed by atoms with Gasteiger partial charge in [-0.3, -0.25) is 4.79 Å². The number of ether oxygens (including phenoxy) is 2. The maximum Gasteiger partial charge on any atom is 0.257 e. The van der Waals surface area contributed by atoms with Crippen LogP contribution in [-0.2, 0) is 0 Å². The molecule has 0 radical (unpaired) electrons. The highest BCUT2D eigenvalue weighted by atomic mass is 16.6. The van der Waals surface area contributed by atoms with Gasteiger partial charge in [-0.25, -0.2) is 4.63 Å². The van der Waals surface area contributed by atoms with Crippen molar-refractivity contribution in [3.8, 4) is 22.8 Å². The Balaban J connectivity index is 1.72. The molecule has 146 valence electrons. The smallest absolute Gasteiger partial charge is 0.257 e. The van der Waals surface area contributed by atoms with Gasteiger partial charge < -0.3 is 14.8 Å². The molecule has 0 atom stereocenters. The molecule has 1 amide bonds. The van der Waals surface area contributed by atoms with Crippen LogP contribution in [0.5, 0.6) is 11.5 Å². The number of hydrogen-bond acceptors (Lipinski definition) is 6. The second-order valence-electron chi connectivity index (χ2n) is 6.10. The Morgan fingerprint density at radius 1 is 1.04 bits per heavy atom. The molecule has 0 spiro atoms. The quantitative estimate of drug-likeness (QED) is 0.547. The molecular formula is C21H23N3O4. The average Bonchev–Trinajstić information content (AvgIpc) is 3.17. The Morgan fingerprint density at radius 3 is 2.61 bits per heavy atom. The zero-order valence-corrected chi connectivity index (χ0v) is 16.0. The summed E-state index contributed by atoms with van der Waals surface area (Å²) < 4.78 is 15.9. The Morgan fingerprint density at radius 2 is 1.86 bits per heavy atom. The molecule has 1 N–H and O–H groups in total. The van der Waals surface area contributed by atoms with Gasteiger partial charge in [0, 0.05) is 11.1 Å². The minimum Gasteiger partial charge on any atom is -0.494 e. The topological polar surface area (TPSA) is 86.5 Å². The third-order valence-corrected chi connectivity index (χ3v) is 4.02. The van der Waals surface area contributed by atoms with E-state index < -0.39 is 0 Å². The van der Waals surface area contributed by atoms with Crippen molar-refractivity contribution in [1.29, 1.82) is 0 Å². The Hall–Kier alpha value is -3.35. The lowest BCUT2D eigenvalue weighted by Crippen LogP contribution is -2.13. The van der Waals surface area contributed by atoms with E-state index in [-0.39, 0.29) is 11.7 Å². The number of benzene rings is 2. The van der Waals surface area contributed by atoms with E-state index in [1.807, 2.05) is 37.3 Å². The molecule has 0 saturated heterocycles. The summed E-state index contributed by atoms with van der Waals surface area (Å²) in [4.78, 5) is 12.6. The van der Waals surface area contributed by atoms with Crippen molar-refractivity contribution in [2.24, 2.45) is 0 Å². The number of aromatic nitrogens is 2. The summed E-state index contributed by atoms with van der Waals surface area (Å²) in [6.07, 6.45) is 2.01. The normalized spacial score (nSPS) is 10.5. The summed E-state index contributed by atoms with van der Waals surface area (Å²) in [5.74, 6) is 1.36. The fourth-order valence-electron chi connectivity index (χ4n) is 2.58. The van der Waals surface area contributed by atoms with Crippen molar-refractivity contribution in [2.75, 3.05) is 18.5 Å². The maximum absolute atomic E-state index is 12.6. The largest absolute Gasteiger partial charge is 0.494 e. The molecule has 1 heterocycles. The number of carbonyl (C=O) groups is 1. The van der Waals surface area contributed by atoms with Gasteiger partial charge in [-0.2, -0.15) is 0 Å². The lowest BCUT2D eigenvalue weighted by Gasteiger charge is -2.08. The minimum absolute atomic E-state index is 0.256. The van der Waals surface area contributed by atoms with Gasteiger partial charge in [0.1, 0.15) is 11.5 Å². The van der Waals surface area contributed by atoms with E-state index in [0.29, 0.717) is 30.2 Å².